The van der Waals surface area contributed by atoms with Gasteiger partial charge in [0.2, 0.25) is 10.0 Å². The van der Waals surface area contributed by atoms with Crippen LogP contribution in [0, 0.1) is 0 Å². The number of alkyl carbamates (subject to hydrolysis) is 1. The summed E-state index contributed by atoms with van der Waals surface area (Å²) in [6.45, 7) is 6.03. The number of hydrogen-bond donors (Lipinski definition) is 1. The first kappa shape index (κ1) is 21.0. The predicted molar refractivity (Wildman–Crippen MR) is 102 cm³/mol. The second-order valence-corrected chi connectivity index (χ2v) is 9.94. The standard InChI is InChI=1S/C17H25BrN2O5S/c1-17(2,3)25-16(21)19-13-7-9-20(10-8-13)26(22,23)15-11-12(18)5-6-14(15)24-4/h5-6,11,13H,7-10H2,1-4H3,(H,19,21). The molecule has 9 heteroatoms. The molecule has 1 heterocycles. The molecule has 0 unspecified atom stereocenters. The van der Waals surface area contributed by atoms with Gasteiger partial charge >= 0.3 is 6.09 Å². The summed E-state index contributed by atoms with van der Waals surface area (Å²) in [5.41, 5.74) is -0.564. The van der Waals surface area contributed by atoms with E-state index in [1.54, 1.807) is 39.0 Å². The maximum Gasteiger partial charge on any atom is 0.407 e. The maximum atomic E-state index is 12.9. The van der Waals surface area contributed by atoms with Crippen LogP contribution in [0.4, 0.5) is 4.79 Å². The summed E-state index contributed by atoms with van der Waals surface area (Å²) >= 11 is 3.30. The van der Waals surface area contributed by atoms with E-state index in [1.165, 1.54) is 11.4 Å². The lowest BCUT2D eigenvalue weighted by Crippen LogP contribution is -2.47. The Bertz CT molecular complexity index is 753. The van der Waals surface area contributed by atoms with Crippen molar-refractivity contribution in [2.45, 2.75) is 50.2 Å². The van der Waals surface area contributed by atoms with E-state index >= 15 is 0 Å². The van der Waals surface area contributed by atoms with Crippen molar-refractivity contribution >= 4 is 32.0 Å². The molecule has 1 aromatic rings. The topological polar surface area (TPSA) is 84.9 Å². The third-order valence-corrected chi connectivity index (χ3v) is 6.33. The quantitative estimate of drug-likeness (QED) is 0.764. The molecule has 0 aliphatic carbocycles. The Balaban J connectivity index is 2.03. The fraction of sp³-hybridized carbons (Fsp3) is 0.588. The summed E-state index contributed by atoms with van der Waals surface area (Å²) in [5.74, 6) is 0.308. The summed E-state index contributed by atoms with van der Waals surface area (Å²) in [5, 5.41) is 2.80. The highest BCUT2D eigenvalue weighted by Crippen LogP contribution is 2.31. The van der Waals surface area contributed by atoms with Crippen molar-refractivity contribution in [3.8, 4) is 5.75 Å². The van der Waals surface area contributed by atoms with E-state index in [0.717, 1.165) is 0 Å². The third-order valence-electron chi connectivity index (χ3n) is 3.92. The Morgan fingerprint density at radius 3 is 2.42 bits per heavy atom. The van der Waals surface area contributed by atoms with Crippen molar-refractivity contribution in [1.82, 2.24) is 9.62 Å². The SMILES string of the molecule is COc1ccc(Br)cc1S(=O)(=O)N1CCC(NC(=O)OC(C)(C)C)CC1. The molecule has 1 aliphatic rings. The van der Waals surface area contributed by atoms with Gasteiger partial charge in [-0.1, -0.05) is 15.9 Å². The molecule has 1 aromatic carbocycles. The highest BCUT2D eigenvalue weighted by molar-refractivity contribution is 9.10. The molecule has 1 aliphatic heterocycles. The molecule has 1 N–H and O–H groups in total. The van der Waals surface area contributed by atoms with E-state index in [9.17, 15) is 13.2 Å². The molecule has 7 nitrogen and oxygen atoms in total. The number of ether oxygens (including phenoxy) is 2. The zero-order valence-electron chi connectivity index (χ0n) is 15.4. The van der Waals surface area contributed by atoms with Gasteiger partial charge in [0.1, 0.15) is 16.2 Å². The van der Waals surface area contributed by atoms with Crippen molar-refractivity contribution < 1.29 is 22.7 Å². The molecule has 0 atom stereocenters. The average Bonchev–Trinajstić information content (AvgIpc) is 2.53. The van der Waals surface area contributed by atoms with Crippen LogP contribution in [0.25, 0.3) is 0 Å². The number of rotatable bonds is 4. The van der Waals surface area contributed by atoms with Crippen LogP contribution in [0.5, 0.6) is 5.75 Å². The first-order chi connectivity index (χ1) is 12.0. The predicted octanol–water partition coefficient (Wildman–Crippen LogP) is 3.14. The van der Waals surface area contributed by atoms with E-state index in [2.05, 4.69) is 21.2 Å². The van der Waals surface area contributed by atoms with Gasteiger partial charge in [-0.15, -0.1) is 0 Å². The minimum absolute atomic E-state index is 0.110. The van der Waals surface area contributed by atoms with Crippen molar-refractivity contribution in [3.05, 3.63) is 22.7 Å². The Morgan fingerprint density at radius 2 is 1.88 bits per heavy atom. The lowest BCUT2D eigenvalue weighted by molar-refractivity contribution is 0.0489. The molecule has 146 valence electrons. The van der Waals surface area contributed by atoms with Gasteiger partial charge in [0.05, 0.1) is 7.11 Å². The molecular formula is C17H25BrN2O5S. The van der Waals surface area contributed by atoms with Crippen LogP contribution in [0.2, 0.25) is 0 Å². The number of halogens is 1. The van der Waals surface area contributed by atoms with Gasteiger partial charge in [0.25, 0.3) is 0 Å². The number of piperidine rings is 1. The third kappa shape index (κ3) is 5.34. The molecule has 1 saturated heterocycles. The Kier molecular flexibility index (Phi) is 6.57. The summed E-state index contributed by atoms with van der Waals surface area (Å²) in [6, 6.07) is 4.78. The fourth-order valence-electron chi connectivity index (χ4n) is 2.71. The van der Waals surface area contributed by atoms with Gasteiger partial charge in [-0.05, 0) is 51.8 Å². The van der Waals surface area contributed by atoms with Crippen LogP contribution in [0.15, 0.2) is 27.6 Å². The summed E-state index contributed by atoms with van der Waals surface area (Å²) in [6.07, 6.45) is 0.566. The largest absolute Gasteiger partial charge is 0.495 e. The number of amides is 1. The molecule has 0 radical (unpaired) electrons. The van der Waals surface area contributed by atoms with Crippen LogP contribution in [0.3, 0.4) is 0 Å². The summed E-state index contributed by atoms with van der Waals surface area (Å²) in [4.78, 5) is 12.0. The lowest BCUT2D eigenvalue weighted by Gasteiger charge is -2.32. The number of nitrogens with one attached hydrogen (secondary N) is 1. The van der Waals surface area contributed by atoms with Crippen LogP contribution in [-0.2, 0) is 14.8 Å². The van der Waals surface area contributed by atoms with Gasteiger partial charge in [-0.25, -0.2) is 13.2 Å². The van der Waals surface area contributed by atoms with Crippen LogP contribution < -0.4 is 10.1 Å². The first-order valence-electron chi connectivity index (χ1n) is 8.36. The van der Waals surface area contributed by atoms with E-state index in [4.69, 9.17) is 9.47 Å². The van der Waals surface area contributed by atoms with Crippen molar-refractivity contribution in [2.24, 2.45) is 0 Å². The van der Waals surface area contributed by atoms with Gasteiger partial charge in [-0.2, -0.15) is 4.31 Å². The van der Waals surface area contributed by atoms with E-state index in [-0.39, 0.29) is 10.9 Å². The summed E-state index contributed by atoms with van der Waals surface area (Å²) in [7, 11) is -2.23. The Labute approximate surface area is 163 Å². The number of methoxy groups -OCH3 is 1. The highest BCUT2D eigenvalue weighted by Gasteiger charge is 2.32. The molecular weight excluding hydrogens is 424 g/mol. The fourth-order valence-corrected chi connectivity index (χ4v) is 4.87. The van der Waals surface area contributed by atoms with E-state index < -0.39 is 21.7 Å². The van der Waals surface area contributed by atoms with Crippen LogP contribution in [-0.4, -0.2) is 50.7 Å². The number of carbonyl (C=O) groups is 1. The molecule has 0 aromatic heterocycles. The Morgan fingerprint density at radius 1 is 1.27 bits per heavy atom. The minimum atomic E-state index is -3.67. The number of nitrogens with zero attached hydrogens (tertiary/aromatic N) is 1. The number of benzene rings is 1. The average molecular weight is 449 g/mol. The van der Waals surface area contributed by atoms with Crippen molar-refractivity contribution in [3.63, 3.8) is 0 Å². The second kappa shape index (κ2) is 8.14. The molecule has 1 amide bonds. The lowest BCUT2D eigenvalue weighted by atomic mass is 10.1. The van der Waals surface area contributed by atoms with Gasteiger partial charge in [-0.3, -0.25) is 0 Å². The molecule has 1 fully saturated rings. The smallest absolute Gasteiger partial charge is 0.407 e. The molecule has 2 rings (SSSR count). The zero-order chi connectivity index (χ0) is 19.5. The Hall–Kier alpha value is -1.32. The van der Waals surface area contributed by atoms with Crippen molar-refractivity contribution in [2.75, 3.05) is 20.2 Å². The number of sulfonamides is 1. The van der Waals surface area contributed by atoms with Crippen molar-refractivity contribution in [1.29, 1.82) is 0 Å². The molecule has 0 spiro atoms. The number of hydrogen-bond acceptors (Lipinski definition) is 5. The second-order valence-electron chi connectivity index (χ2n) is 7.12. The number of carbonyl (C=O) groups excluding carboxylic acids is 1. The van der Waals surface area contributed by atoms with Crippen LogP contribution >= 0.6 is 15.9 Å². The maximum absolute atomic E-state index is 12.9. The van der Waals surface area contributed by atoms with E-state index in [1.807, 2.05) is 0 Å². The normalized spacial score (nSPS) is 17.0. The molecule has 0 bridgehead atoms. The molecule has 26 heavy (non-hydrogen) atoms. The van der Waals surface area contributed by atoms with Gasteiger partial charge in [0.15, 0.2) is 0 Å². The zero-order valence-corrected chi connectivity index (χ0v) is 17.8. The van der Waals surface area contributed by atoms with Gasteiger partial charge in [0, 0.05) is 23.6 Å². The van der Waals surface area contributed by atoms with E-state index in [0.29, 0.717) is 36.2 Å². The highest BCUT2D eigenvalue weighted by atomic mass is 79.9. The first-order valence-corrected chi connectivity index (χ1v) is 10.6. The summed E-state index contributed by atoms with van der Waals surface area (Å²) < 4.78 is 38.4. The van der Waals surface area contributed by atoms with Gasteiger partial charge < -0.3 is 14.8 Å². The monoisotopic (exact) mass is 448 g/mol. The van der Waals surface area contributed by atoms with Crippen LogP contribution in [0.1, 0.15) is 33.6 Å². The minimum Gasteiger partial charge on any atom is -0.495 e. The molecule has 0 saturated carbocycles.